The molecule has 148 valence electrons. The molecule has 3 aliphatic rings. The van der Waals surface area contributed by atoms with Crippen molar-refractivity contribution in [1.82, 2.24) is 9.80 Å². The van der Waals surface area contributed by atoms with Crippen molar-refractivity contribution in [2.75, 3.05) is 59.2 Å². The van der Waals surface area contributed by atoms with Crippen LogP contribution in [0.2, 0.25) is 0 Å². The smallest absolute Gasteiger partial charge is 0.239 e. The van der Waals surface area contributed by atoms with Gasteiger partial charge in [-0.3, -0.25) is 9.69 Å². The Morgan fingerprint density at radius 1 is 1.00 bits per heavy atom. The van der Waals surface area contributed by atoms with Crippen LogP contribution >= 0.6 is 24.8 Å². The molecule has 3 aliphatic heterocycles. The monoisotopic (exact) mass is 397 g/mol. The Bertz CT molecular complexity index is 391. The summed E-state index contributed by atoms with van der Waals surface area (Å²) in [6, 6.07) is -0.346. The lowest BCUT2D eigenvalue weighted by Crippen LogP contribution is -2.53. The van der Waals surface area contributed by atoms with E-state index in [0.717, 1.165) is 78.4 Å². The zero-order valence-electron chi connectivity index (χ0n) is 14.9. The molecule has 0 aliphatic carbocycles. The molecular formula is C17H33Cl2N3O3. The summed E-state index contributed by atoms with van der Waals surface area (Å²) in [5.74, 6) is 1.02. The molecule has 0 bridgehead atoms. The molecule has 3 fully saturated rings. The zero-order valence-corrected chi connectivity index (χ0v) is 16.6. The van der Waals surface area contributed by atoms with E-state index in [-0.39, 0.29) is 42.7 Å². The van der Waals surface area contributed by atoms with Crippen molar-refractivity contribution in [3.05, 3.63) is 0 Å². The Kier molecular flexibility index (Phi) is 10.6. The Morgan fingerprint density at radius 2 is 1.64 bits per heavy atom. The Labute approximate surface area is 163 Å². The fourth-order valence-electron chi connectivity index (χ4n) is 4.05. The summed E-state index contributed by atoms with van der Waals surface area (Å²) < 4.78 is 10.8. The molecule has 3 heterocycles. The van der Waals surface area contributed by atoms with E-state index < -0.39 is 0 Å². The molecule has 0 saturated carbocycles. The minimum atomic E-state index is -0.346. The predicted molar refractivity (Wildman–Crippen MR) is 103 cm³/mol. The number of nitrogens with two attached hydrogens (primary N) is 1. The number of amides is 1. The first kappa shape index (κ1) is 22.9. The van der Waals surface area contributed by atoms with Crippen molar-refractivity contribution in [1.29, 1.82) is 0 Å². The van der Waals surface area contributed by atoms with Crippen LogP contribution in [0.25, 0.3) is 0 Å². The van der Waals surface area contributed by atoms with Gasteiger partial charge in [0.15, 0.2) is 0 Å². The quantitative estimate of drug-likeness (QED) is 0.770. The fourth-order valence-corrected chi connectivity index (χ4v) is 4.05. The summed E-state index contributed by atoms with van der Waals surface area (Å²) in [6.45, 7) is 8.02. The molecule has 1 amide bonds. The number of hydrogen-bond acceptors (Lipinski definition) is 5. The summed E-state index contributed by atoms with van der Waals surface area (Å²) in [5, 5.41) is 0. The number of ether oxygens (including phenoxy) is 2. The molecule has 6 nitrogen and oxygen atoms in total. The van der Waals surface area contributed by atoms with E-state index in [9.17, 15) is 4.79 Å². The van der Waals surface area contributed by atoms with Crippen LogP contribution in [0.4, 0.5) is 0 Å². The molecule has 0 aromatic heterocycles. The van der Waals surface area contributed by atoms with Crippen LogP contribution in [-0.4, -0.2) is 80.9 Å². The molecule has 2 unspecified atom stereocenters. The third-order valence-corrected chi connectivity index (χ3v) is 5.51. The van der Waals surface area contributed by atoms with Crippen LogP contribution in [0.15, 0.2) is 0 Å². The number of rotatable bonds is 4. The van der Waals surface area contributed by atoms with Crippen LogP contribution in [0.3, 0.4) is 0 Å². The predicted octanol–water partition coefficient (Wildman–Crippen LogP) is 1.15. The van der Waals surface area contributed by atoms with Gasteiger partial charge in [-0.05, 0) is 37.5 Å². The summed E-state index contributed by atoms with van der Waals surface area (Å²) in [5.41, 5.74) is 6.28. The first-order chi connectivity index (χ1) is 11.2. The summed E-state index contributed by atoms with van der Waals surface area (Å²) in [4.78, 5) is 17.3. The van der Waals surface area contributed by atoms with Gasteiger partial charge in [0.2, 0.25) is 5.91 Å². The lowest BCUT2D eigenvalue weighted by atomic mass is 9.90. The second-order valence-electron chi connectivity index (χ2n) is 7.18. The molecule has 8 heteroatoms. The van der Waals surface area contributed by atoms with Gasteiger partial charge in [-0.15, -0.1) is 24.8 Å². The minimum absolute atomic E-state index is 0. The number of piperidine rings is 1. The van der Waals surface area contributed by atoms with Gasteiger partial charge in [-0.25, -0.2) is 0 Å². The van der Waals surface area contributed by atoms with Crippen LogP contribution in [0.5, 0.6) is 0 Å². The molecule has 0 radical (unpaired) electrons. The minimum Gasteiger partial charge on any atom is -0.381 e. The van der Waals surface area contributed by atoms with Crippen LogP contribution in [0, 0.1) is 11.8 Å². The second-order valence-corrected chi connectivity index (χ2v) is 7.18. The number of carbonyl (C=O) groups is 1. The lowest BCUT2D eigenvalue weighted by Gasteiger charge is -2.38. The molecule has 0 aromatic carbocycles. The van der Waals surface area contributed by atoms with Crippen LogP contribution in [-0.2, 0) is 14.3 Å². The van der Waals surface area contributed by atoms with E-state index in [1.807, 2.05) is 4.90 Å². The second kappa shape index (κ2) is 11.6. The summed E-state index contributed by atoms with van der Waals surface area (Å²) >= 11 is 0. The van der Waals surface area contributed by atoms with Crippen molar-refractivity contribution in [3.8, 4) is 0 Å². The maximum absolute atomic E-state index is 12.8. The normalized spacial score (nSPS) is 27.1. The third kappa shape index (κ3) is 6.52. The largest absolute Gasteiger partial charge is 0.381 e. The van der Waals surface area contributed by atoms with Crippen molar-refractivity contribution < 1.29 is 14.3 Å². The number of morpholine rings is 1. The van der Waals surface area contributed by atoms with Crippen molar-refractivity contribution in [3.63, 3.8) is 0 Å². The Morgan fingerprint density at radius 3 is 2.32 bits per heavy atom. The van der Waals surface area contributed by atoms with Crippen molar-refractivity contribution >= 4 is 30.7 Å². The molecule has 25 heavy (non-hydrogen) atoms. The fraction of sp³-hybridized carbons (Fsp3) is 0.941. The van der Waals surface area contributed by atoms with Gasteiger partial charge in [-0.1, -0.05) is 0 Å². The first-order valence-corrected chi connectivity index (χ1v) is 9.16. The maximum atomic E-state index is 12.8. The SMILES string of the molecule is Cl.Cl.NC(C(=O)N1CCCC(CN2CCOCC2)C1)C1CCOCC1. The molecular weight excluding hydrogens is 365 g/mol. The van der Waals surface area contributed by atoms with Gasteiger partial charge < -0.3 is 20.1 Å². The molecule has 2 atom stereocenters. The molecule has 0 spiro atoms. The maximum Gasteiger partial charge on any atom is 0.239 e. The van der Waals surface area contributed by atoms with E-state index in [2.05, 4.69) is 4.90 Å². The highest BCUT2D eigenvalue weighted by atomic mass is 35.5. The van der Waals surface area contributed by atoms with E-state index in [1.54, 1.807) is 0 Å². The number of halogens is 2. The molecule has 3 rings (SSSR count). The van der Waals surface area contributed by atoms with Gasteiger partial charge >= 0.3 is 0 Å². The highest BCUT2D eigenvalue weighted by molar-refractivity contribution is 5.85. The number of hydrogen-bond donors (Lipinski definition) is 1. The topological polar surface area (TPSA) is 68.0 Å². The van der Waals surface area contributed by atoms with Crippen molar-refractivity contribution in [2.45, 2.75) is 31.7 Å². The first-order valence-electron chi connectivity index (χ1n) is 9.16. The van der Waals surface area contributed by atoms with Gasteiger partial charge in [0.25, 0.3) is 0 Å². The molecule has 3 saturated heterocycles. The highest BCUT2D eigenvalue weighted by Gasteiger charge is 2.32. The van der Waals surface area contributed by atoms with E-state index in [4.69, 9.17) is 15.2 Å². The van der Waals surface area contributed by atoms with Crippen LogP contribution < -0.4 is 5.73 Å². The Balaban J connectivity index is 0.00000156. The van der Waals surface area contributed by atoms with Gasteiger partial charge in [0.1, 0.15) is 0 Å². The van der Waals surface area contributed by atoms with Gasteiger partial charge in [0.05, 0.1) is 19.3 Å². The van der Waals surface area contributed by atoms with Gasteiger partial charge in [-0.2, -0.15) is 0 Å². The van der Waals surface area contributed by atoms with Crippen LogP contribution in [0.1, 0.15) is 25.7 Å². The standard InChI is InChI=1S/C17H31N3O3.2ClH/c18-16(15-3-8-22-9-4-15)17(21)20-5-1-2-14(13-20)12-19-6-10-23-11-7-19;;/h14-16H,1-13,18H2;2*1H. The number of likely N-dealkylation sites (tertiary alicyclic amines) is 1. The highest BCUT2D eigenvalue weighted by Crippen LogP contribution is 2.23. The average Bonchev–Trinajstić information content (AvgIpc) is 2.62. The van der Waals surface area contributed by atoms with E-state index >= 15 is 0 Å². The lowest BCUT2D eigenvalue weighted by molar-refractivity contribution is -0.136. The third-order valence-electron chi connectivity index (χ3n) is 5.51. The van der Waals surface area contributed by atoms with E-state index in [0.29, 0.717) is 5.92 Å². The summed E-state index contributed by atoms with van der Waals surface area (Å²) in [6.07, 6.45) is 4.14. The summed E-state index contributed by atoms with van der Waals surface area (Å²) in [7, 11) is 0. The number of nitrogens with zero attached hydrogens (tertiary/aromatic N) is 2. The average molecular weight is 398 g/mol. The van der Waals surface area contributed by atoms with Crippen molar-refractivity contribution in [2.24, 2.45) is 17.6 Å². The zero-order chi connectivity index (χ0) is 16.1. The Hall–Kier alpha value is -0.110. The molecule has 0 aromatic rings. The van der Waals surface area contributed by atoms with E-state index in [1.165, 1.54) is 6.42 Å². The molecule has 2 N–H and O–H groups in total. The van der Waals surface area contributed by atoms with Gasteiger partial charge in [0, 0.05) is 45.9 Å². The number of carbonyl (C=O) groups excluding carboxylic acids is 1.